The average Bonchev–Trinajstić information content (AvgIpc) is 3.15. The van der Waals surface area contributed by atoms with E-state index in [-0.39, 0.29) is 24.3 Å². The molecule has 1 spiro atoms. The van der Waals surface area contributed by atoms with Crippen LogP contribution in [0.5, 0.6) is 0 Å². The minimum absolute atomic E-state index is 0.0198. The summed E-state index contributed by atoms with van der Waals surface area (Å²) in [4.78, 5) is 41.3. The number of aryl methyl sites for hydroxylation is 2. The molecular weight excluding hydrogens is 372 g/mol. The van der Waals surface area contributed by atoms with Crippen LogP contribution in [-0.4, -0.2) is 51.4 Å². The number of carbonyl (C=O) groups is 3. The van der Waals surface area contributed by atoms with Gasteiger partial charge in [-0.25, -0.2) is 4.79 Å². The summed E-state index contributed by atoms with van der Waals surface area (Å²) in [6.07, 6.45) is 1.07. The van der Waals surface area contributed by atoms with Crippen molar-refractivity contribution in [2.75, 3.05) is 13.1 Å². The van der Waals surface area contributed by atoms with Gasteiger partial charge in [0, 0.05) is 25.2 Å². The standard InChI is InChI=1S/C21H24N4O4/c1-14-17(15(2)29-23-14)12-18(26)24-10-8-21(9-11-24)19(27)22-20(28)25(21)13-16-6-4-3-5-7-16/h3-7H,8-13H2,1-2H3,(H,22,27,28). The first-order valence-electron chi connectivity index (χ1n) is 9.77. The molecule has 29 heavy (non-hydrogen) atoms. The van der Waals surface area contributed by atoms with E-state index in [0.29, 0.717) is 38.2 Å². The minimum Gasteiger partial charge on any atom is -0.361 e. The summed E-state index contributed by atoms with van der Waals surface area (Å²) < 4.78 is 5.14. The molecule has 8 heteroatoms. The first-order valence-corrected chi connectivity index (χ1v) is 9.77. The van der Waals surface area contributed by atoms with Gasteiger partial charge in [0.1, 0.15) is 11.3 Å². The van der Waals surface area contributed by atoms with Crippen molar-refractivity contribution in [2.24, 2.45) is 0 Å². The van der Waals surface area contributed by atoms with E-state index in [1.54, 1.807) is 16.7 Å². The number of rotatable bonds is 4. The first kappa shape index (κ1) is 19.2. The zero-order valence-electron chi connectivity index (χ0n) is 16.6. The Morgan fingerprint density at radius 1 is 1.17 bits per heavy atom. The van der Waals surface area contributed by atoms with E-state index in [1.807, 2.05) is 37.3 Å². The van der Waals surface area contributed by atoms with Gasteiger partial charge in [-0.1, -0.05) is 35.5 Å². The molecule has 1 aromatic carbocycles. The number of likely N-dealkylation sites (tertiary alicyclic amines) is 1. The smallest absolute Gasteiger partial charge is 0.325 e. The molecule has 2 fully saturated rings. The monoisotopic (exact) mass is 396 g/mol. The third-order valence-corrected chi connectivity index (χ3v) is 6.04. The summed E-state index contributed by atoms with van der Waals surface area (Å²) in [5.74, 6) is 0.365. The van der Waals surface area contributed by atoms with Crippen molar-refractivity contribution in [1.82, 2.24) is 20.3 Å². The van der Waals surface area contributed by atoms with Gasteiger partial charge in [0.15, 0.2) is 0 Å². The maximum atomic E-state index is 12.8. The predicted octanol–water partition coefficient (Wildman–Crippen LogP) is 1.95. The van der Waals surface area contributed by atoms with E-state index in [2.05, 4.69) is 10.5 Å². The molecule has 0 bridgehead atoms. The number of urea groups is 1. The lowest BCUT2D eigenvalue weighted by Gasteiger charge is -2.42. The Morgan fingerprint density at radius 2 is 1.86 bits per heavy atom. The summed E-state index contributed by atoms with van der Waals surface area (Å²) in [6, 6.07) is 9.24. The summed E-state index contributed by atoms with van der Waals surface area (Å²) >= 11 is 0. The molecule has 0 atom stereocenters. The normalized spacial score (nSPS) is 18.4. The van der Waals surface area contributed by atoms with Crippen molar-refractivity contribution in [3.63, 3.8) is 0 Å². The fraction of sp³-hybridized carbons (Fsp3) is 0.429. The largest absolute Gasteiger partial charge is 0.361 e. The second-order valence-electron chi connectivity index (χ2n) is 7.72. The number of imide groups is 1. The number of hydrogen-bond acceptors (Lipinski definition) is 5. The number of carbonyl (C=O) groups excluding carboxylic acids is 3. The van der Waals surface area contributed by atoms with Crippen LogP contribution in [-0.2, 0) is 22.6 Å². The van der Waals surface area contributed by atoms with Gasteiger partial charge in [0.2, 0.25) is 5.91 Å². The average molecular weight is 396 g/mol. The molecule has 0 radical (unpaired) electrons. The minimum atomic E-state index is -0.896. The molecule has 1 aromatic heterocycles. The van der Waals surface area contributed by atoms with Gasteiger partial charge in [-0.05, 0) is 32.3 Å². The highest BCUT2D eigenvalue weighted by Crippen LogP contribution is 2.34. The maximum Gasteiger partial charge on any atom is 0.325 e. The molecule has 3 heterocycles. The van der Waals surface area contributed by atoms with Crippen molar-refractivity contribution in [2.45, 2.75) is 45.2 Å². The lowest BCUT2D eigenvalue weighted by atomic mass is 9.85. The quantitative estimate of drug-likeness (QED) is 0.797. The Balaban J connectivity index is 1.46. The number of aromatic nitrogens is 1. The van der Waals surface area contributed by atoms with Crippen LogP contribution in [0.1, 0.15) is 35.4 Å². The van der Waals surface area contributed by atoms with Crippen LogP contribution < -0.4 is 5.32 Å². The molecule has 2 aliphatic rings. The summed E-state index contributed by atoms with van der Waals surface area (Å²) in [6.45, 7) is 4.83. The van der Waals surface area contributed by atoms with E-state index in [1.165, 1.54) is 0 Å². The van der Waals surface area contributed by atoms with E-state index in [0.717, 1.165) is 16.8 Å². The molecule has 2 saturated heterocycles. The second kappa shape index (κ2) is 7.35. The first-order chi connectivity index (χ1) is 13.9. The Hall–Kier alpha value is -3.16. The highest BCUT2D eigenvalue weighted by atomic mass is 16.5. The van der Waals surface area contributed by atoms with Crippen LogP contribution >= 0.6 is 0 Å². The van der Waals surface area contributed by atoms with E-state index in [9.17, 15) is 14.4 Å². The highest BCUT2D eigenvalue weighted by Gasteiger charge is 2.54. The zero-order chi connectivity index (χ0) is 20.6. The maximum absolute atomic E-state index is 12.8. The van der Waals surface area contributed by atoms with E-state index < -0.39 is 5.54 Å². The fourth-order valence-electron chi connectivity index (χ4n) is 4.23. The molecule has 2 aliphatic heterocycles. The van der Waals surface area contributed by atoms with Gasteiger partial charge in [-0.2, -0.15) is 0 Å². The molecule has 0 unspecified atom stereocenters. The van der Waals surface area contributed by atoms with Crippen molar-refractivity contribution in [1.29, 1.82) is 0 Å². The predicted molar refractivity (Wildman–Crippen MR) is 104 cm³/mol. The Morgan fingerprint density at radius 3 is 2.48 bits per heavy atom. The molecule has 0 aliphatic carbocycles. The van der Waals surface area contributed by atoms with Crippen LogP contribution in [0.3, 0.4) is 0 Å². The van der Waals surface area contributed by atoms with Crippen LogP contribution in [0.15, 0.2) is 34.9 Å². The van der Waals surface area contributed by atoms with Crippen LogP contribution in [0.4, 0.5) is 4.79 Å². The van der Waals surface area contributed by atoms with Crippen LogP contribution in [0, 0.1) is 13.8 Å². The number of benzene rings is 1. The van der Waals surface area contributed by atoms with Gasteiger partial charge in [0.25, 0.3) is 5.91 Å². The van der Waals surface area contributed by atoms with Crippen molar-refractivity contribution >= 4 is 17.8 Å². The number of hydrogen-bond donors (Lipinski definition) is 1. The topological polar surface area (TPSA) is 95.7 Å². The van der Waals surface area contributed by atoms with Crippen molar-refractivity contribution in [3.05, 3.63) is 52.9 Å². The number of nitrogens with zero attached hydrogens (tertiary/aromatic N) is 3. The molecule has 152 valence electrons. The summed E-state index contributed by atoms with van der Waals surface area (Å²) in [5, 5.41) is 6.36. The Labute approximate surface area is 168 Å². The van der Waals surface area contributed by atoms with Gasteiger partial charge < -0.3 is 14.3 Å². The number of amides is 4. The molecular formula is C21H24N4O4. The Bertz CT molecular complexity index is 925. The fourth-order valence-corrected chi connectivity index (χ4v) is 4.23. The van der Waals surface area contributed by atoms with Crippen molar-refractivity contribution in [3.8, 4) is 0 Å². The number of nitrogens with one attached hydrogen (secondary N) is 1. The van der Waals surface area contributed by atoms with Gasteiger partial charge in [0.05, 0.1) is 12.1 Å². The molecule has 0 saturated carbocycles. The van der Waals surface area contributed by atoms with E-state index in [4.69, 9.17) is 4.52 Å². The molecule has 4 rings (SSSR count). The third-order valence-electron chi connectivity index (χ3n) is 6.04. The Kier molecular flexibility index (Phi) is 4.86. The van der Waals surface area contributed by atoms with Crippen molar-refractivity contribution < 1.29 is 18.9 Å². The molecule has 8 nitrogen and oxygen atoms in total. The zero-order valence-corrected chi connectivity index (χ0v) is 16.6. The second-order valence-corrected chi connectivity index (χ2v) is 7.72. The van der Waals surface area contributed by atoms with Gasteiger partial charge in [-0.3, -0.25) is 14.9 Å². The van der Waals surface area contributed by atoms with Crippen LogP contribution in [0.2, 0.25) is 0 Å². The molecule has 4 amide bonds. The summed E-state index contributed by atoms with van der Waals surface area (Å²) in [5.41, 5.74) is 1.61. The molecule has 2 aromatic rings. The lowest BCUT2D eigenvalue weighted by Crippen LogP contribution is -2.57. The van der Waals surface area contributed by atoms with Crippen LogP contribution in [0.25, 0.3) is 0 Å². The third kappa shape index (κ3) is 3.39. The molecule has 1 N–H and O–H groups in total. The van der Waals surface area contributed by atoms with Gasteiger partial charge >= 0.3 is 6.03 Å². The van der Waals surface area contributed by atoms with E-state index >= 15 is 0 Å². The summed E-state index contributed by atoms with van der Waals surface area (Å²) in [7, 11) is 0. The SMILES string of the molecule is Cc1noc(C)c1CC(=O)N1CCC2(CC1)C(=O)NC(=O)N2Cc1ccccc1. The lowest BCUT2D eigenvalue weighted by molar-refractivity contribution is -0.137. The number of piperidine rings is 1. The van der Waals surface area contributed by atoms with Gasteiger partial charge in [-0.15, -0.1) is 0 Å². The highest BCUT2D eigenvalue weighted by molar-refractivity contribution is 6.07.